The van der Waals surface area contributed by atoms with Gasteiger partial charge in [-0.25, -0.2) is 0 Å². The van der Waals surface area contributed by atoms with Crippen LogP contribution in [0.25, 0.3) is 6.08 Å². The monoisotopic (exact) mass is 424 g/mol. The lowest BCUT2D eigenvalue weighted by molar-refractivity contribution is -0.837. The number of carbonyl (C=O) groups is 1. The molecule has 154 valence electrons. The number of aliphatic imine (C=N–C) groups is 1. The van der Waals surface area contributed by atoms with Crippen molar-refractivity contribution in [2.75, 3.05) is 26.2 Å². The average Bonchev–Trinajstić information content (AvgIpc) is 3.10. The first-order valence-electron chi connectivity index (χ1n) is 9.55. The lowest BCUT2D eigenvalue weighted by atomic mass is 10.1. The van der Waals surface area contributed by atoms with Crippen molar-refractivity contribution in [2.24, 2.45) is 4.99 Å². The summed E-state index contributed by atoms with van der Waals surface area (Å²) < 4.78 is 0. The lowest BCUT2D eigenvalue weighted by Crippen LogP contribution is -3.10. The molecule has 0 radical (unpaired) electrons. The zero-order valence-corrected chi connectivity index (χ0v) is 17.1. The number of amides is 1. The van der Waals surface area contributed by atoms with E-state index in [1.165, 1.54) is 40.0 Å². The van der Waals surface area contributed by atoms with E-state index in [0.29, 0.717) is 15.6 Å². The second-order valence-corrected chi connectivity index (χ2v) is 8.26. The summed E-state index contributed by atoms with van der Waals surface area (Å²) in [7, 11) is 0. The molecule has 2 aromatic rings. The highest BCUT2D eigenvalue weighted by Gasteiger charge is 2.30. The van der Waals surface area contributed by atoms with Gasteiger partial charge in [-0.1, -0.05) is 29.8 Å². The van der Waals surface area contributed by atoms with E-state index < -0.39 is 16.4 Å². The predicted octanol–water partition coefficient (Wildman–Crippen LogP) is 1.48. The first-order chi connectivity index (χ1) is 14.4. The topological polar surface area (TPSA) is 103 Å². The van der Waals surface area contributed by atoms with E-state index >= 15 is 0 Å². The van der Waals surface area contributed by atoms with E-state index in [1.54, 1.807) is 6.08 Å². The predicted molar refractivity (Wildman–Crippen MR) is 114 cm³/mol. The second kappa shape index (κ2) is 8.29. The van der Waals surface area contributed by atoms with Crippen LogP contribution in [0.2, 0.25) is 0 Å². The van der Waals surface area contributed by atoms with Crippen LogP contribution in [0.15, 0.2) is 52.4 Å². The first-order valence-corrected chi connectivity index (χ1v) is 10.4. The van der Waals surface area contributed by atoms with Gasteiger partial charge in [0.05, 0.1) is 36.0 Å². The number of nitrogens with one attached hydrogen (secondary N) is 1. The minimum atomic E-state index is -0.717. The van der Waals surface area contributed by atoms with Crippen molar-refractivity contribution in [1.82, 2.24) is 4.90 Å². The molecule has 4 rings (SSSR count). The molecule has 30 heavy (non-hydrogen) atoms. The van der Waals surface area contributed by atoms with Crippen molar-refractivity contribution >= 4 is 40.3 Å². The molecule has 0 saturated carbocycles. The number of hydrogen-bond acceptors (Lipinski definition) is 6. The van der Waals surface area contributed by atoms with Crippen molar-refractivity contribution in [1.29, 1.82) is 0 Å². The third-order valence-electron chi connectivity index (χ3n) is 5.18. The summed E-state index contributed by atoms with van der Waals surface area (Å²) in [5, 5.41) is 23.2. The van der Waals surface area contributed by atoms with Crippen LogP contribution in [0, 0.1) is 17.0 Å². The van der Waals surface area contributed by atoms with Gasteiger partial charge in [0.2, 0.25) is 0 Å². The van der Waals surface area contributed by atoms with E-state index in [1.807, 2.05) is 0 Å². The van der Waals surface area contributed by atoms with Crippen LogP contribution in [0.5, 0.6) is 5.75 Å². The maximum absolute atomic E-state index is 12.3. The molecule has 0 aliphatic carbocycles. The Bertz CT molecular complexity index is 1060. The van der Waals surface area contributed by atoms with Crippen LogP contribution in [0.3, 0.4) is 0 Å². The summed E-state index contributed by atoms with van der Waals surface area (Å²) >= 11 is 1.27. The van der Waals surface area contributed by atoms with Crippen LogP contribution < -0.4 is 10.0 Å². The third-order valence-corrected chi connectivity index (χ3v) is 6.23. The fourth-order valence-electron chi connectivity index (χ4n) is 3.50. The number of aryl methyl sites for hydroxylation is 1. The Morgan fingerprint density at radius 2 is 1.87 bits per heavy atom. The molecule has 0 unspecified atom stereocenters. The van der Waals surface area contributed by atoms with E-state index in [0.717, 1.165) is 32.2 Å². The number of rotatable bonds is 3. The summed E-state index contributed by atoms with van der Waals surface area (Å²) in [6, 6.07) is 12.3. The normalized spacial score (nSPS) is 18.7. The Kier molecular flexibility index (Phi) is 5.56. The Balaban J connectivity index is 1.42. The van der Waals surface area contributed by atoms with Crippen molar-refractivity contribution < 1.29 is 19.7 Å². The zero-order valence-electron chi connectivity index (χ0n) is 16.3. The largest absolute Gasteiger partial charge is 0.868 e. The van der Waals surface area contributed by atoms with Gasteiger partial charge in [-0.2, -0.15) is 4.99 Å². The molecular formula is C21H20N4O4S. The number of benzene rings is 2. The van der Waals surface area contributed by atoms with Gasteiger partial charge >= 0.3 is 0 Å². The molecule has 0 bridgehead atoms. The van der Waals surface area contributed by atoms with Gasteiger partial charge in [0, 0.05) is 6.07 Å². The number of piperazine rings is 1. The number of nitro benzene ring substituents is 1. The van der Waals surface area contributed by atoms with Crippen molar-refractivity contribution in [3.63, 3.8) is 0 Å². The quantitative estimate of drug-likeness (QED) is 0.455. The van der Waals surface area contributed by atoms with Crippen LogP contribution >= 0.6 is 11.8 Å². The molecule has 0 atom stereocenters. The number of hydrogen-bond donors (Lipinski definition) is 1. The lowest BCUT2D eigenvalue weighted by Gasteiger charge is -2.32. The summed E-state index contributed by atoms with van der Waals surface area (Å²) in [6.45, 7) is 5.46. The van der Waals surface area contributed by atoms with Crippen LogP contribution in [-0.4, -0.2) is 47.1 Å². The van der Waals surface area contributed by atoms with Crippen molar-refractivity contribution in [2.45, 2.75) is 6.92 Å². The van der Waals surface area contributed by atoms with Gasteiger partial charge in [-0.3, -0.25) is 19.8 Å². The smallest absolute Gasteiger partial charge is 0.286 e. The highest BCUT2D eigenvalue weighted by atomic mass is 32.2. The SMILES string of the molecule is Cc1ccc([NH+]2CCN(C3=NC(=O)/C(=C\c4ccc([O-])c([N+](=O)[O-])c4)S3)CC2)cc1. The molecule has 1 amide bonds. The van der Waals surface area contributed by atoms with Gasteiger partial charge in [-0.15, -0.1) is 0 Å². The minimum Gasteiger partial charge on any atom is -0.868 e. The maximum Gasteiger partial charge on any atom is 0.286 e. The Hall–Kier alpha value is -3.17. The molecular weight excluding hydrogens is 404 g/mol. The summed E-state index contributed by atoms with van der Waals surface area (Å²) in [4.78, 5) is 30.6. The van der Waals surface area contributed by atoms with E-state index in [4.69, 9.17) is 0 Å². The molecule has 8 nitrogen and oxygen atoms in total. The van der Waals surface area contributed by atoms with Gasteiger partial charge < -0.3 is 10.0 Å². The van der Waals surface area contributed by atoms with Gasteiger partial charge in [0.1, 0.15) is 5.69 Å². The fraction of sp³-hybridized carbons (Fsp3) is 0.238. The fourth-order valence-corrected chi connectivity index (χ4v) is 4.46. The molecule has 9 heteroatoms. The van der Waals surface area contributed by atoms with Crippen molar-refractivity contribution in [3.8, 4) is 5.75 Å². The van der Waals surface area contributed by atoms with Gasteiger partial charge in [-0.05, 0) is 48.2 Å². The molecule has 1 fully saturated rings. The van der Waals surface area contributed by atoms with Crippen molar-refractivity contribution in [3.05, 3.63) is 68.6 Å². The van der Waals surface area contributed by atoms with E-state index in [9.17, 15) is 20.0 Å². The van der Waals surface area contributed by atoms with E-state index in [2.05, 4.69) is 41.1 Å². The standard InChI is InChI=1S/C21H20N4O4S/c1-14-2-5-16(6-3-14)23-8-10-24(11-9-23)21-22-20(27)19(30-21)13-15-4-7-18(26)17(12-15)25(28)29/h2-7,12-13,26H,8-11H2,1H3/b19-13+. The first kappa shape index (κ1) is 20.1. The number of thioether (sulfide) groups is 1. The molecule has 2 heterocycles. The number of nitrogens with zero attached hydrogens (tertiary/aromatic N) is 3. The van der Waals surface area contributed by atoms with Gasteiger partial charge in [0.25, 0.3) is 11.6 Å². The molecule has 2 aromatic carbocycles. The third kappa shape index (κ3) is 4.22. The number of quaternary nitrogens is 1. The highest BCUT2D eigenvalue weighted by Crippen LogP contribution is 2.32. The van der Waals surface area contributed by atoms with Crippen LogP contribution in [0.1, 0.15) is 11.1 Å². The molecule has 1 saturated heterocycles. The number of nitro groups is 1. The maximum atomic E-state index is 12.3. The van der Waals surface area contributed by atoms with Crippen LogP contribution in [0.4, 0.5) is 11.4 Å². The molecule has 0 aromatic heterocycles. The Labute approximate surface area is 177 Å². The summed E-state index contributed by atoms with van der Waals surface area (Å²) in [6.07, 6.45) is 1.55. The van der Waals surface area contributed by atoms with E-state index in [-0.39, 0.29) is 5.91 Å². The molecule has 2 aliphatic rings. The summed E-state index contributed by atoms with van der Waals surface area (Å²) in [5.41, 5.74) is 2.43. The molecule has 2 aliphatic heterocycles. The van der Waals surface area contributed by atoms with Crippen LogP contribution in [-0.2, 0) is 4.79 Å². The minimum absolute atomic E-state index is 0.364. The number of carbonyl (C=O) groups excluding carboxylic acids is 1. The highest BCUT2D eigenvalue weighted by molar-refractivity contribution is 8.18. The molecule has 1 N–H and O–H groups in total. The summed E-state index contributed by atoms with van der Waals surface area (Å²) in [5.74, 6) is -1.02. The zero-order chi connectivity index (χ0) is 21.3. The Morgan fingerprint density at radius 3 is 2.53 bits per heavy atom. The Morgan fingerprint density at radius 1 is 1.17 bits per heavy atom. The second-order valence-electron chi connectivity index (χ2n) is 7.25. The van der Waals surface area contributed by atoms with Gasteiger partial charge in [0.15, 0.2) is 5.17 Å². The average molecular weight is 424 g/mol. The number of amidine groups is 1. The molecule has 0 spiro atoms.